The van der Waals surface area contributed by atoms with Gasteiger partial charge in [0.05, 0.1) is 15.5 Å². The van der Waals surface area contributed by atoms with E-state index in [0.29, 0.717) is 31.9 Å². The second kappa shape index (κ2) is 10.1. The number of nitrogens with zero attached hydrogens (tertiary/aromatic N) is 2. The Balaban J connectivity index is 1.60. The monoisotopic (exact) mass is 483 g/mol. The van der Waals surface area contributed by atoms with E-state index in [4.69, 9.17) is 11.6 Å². The summed E-state index contributed by atoms with van der Waals surface area (Å²) < 4.78 is 27.9. The van der Waals surface area contributed by atoms with Crippen molar-refractivity contribution < 1.29 is 13.2 Å². The number of carbonyl (C=O) groups excluding carboxylic acids is 1. The van der Waals surface area contributed by atoms with Crippen molar-refractivity contribution in [1.82, 2.24) is 9.21 Å². The molecule has 172 valence electrons. The number of piperazine rings is 1. The normalized spacial score (nSPS) is 15.3. The van der Waals surface area contributed by atoms with E-state index in [1.807, 2.05) is 54.6 Å². The predicted octanol–water partition coefficient (Wildman–Crippen LogP) is 4.59. The van der Waals surface area contributed by atoms with Crippen LogP contribution in [0.5, 0.6) is 0 Å². The molecule has 3 aromatic carbocycles. The molecule has 6 nitrogen and oxygen atoms in total. The highest BCUT2D eigenvalue weighted by Crippen LogP contribution is 2.29. The molecule has 0 atom stereocenters. The minimum atomic E-state index is -3.72. The molecule has 1 heterocycles. The molecule has 1 aliphatic rings. The third-order valence-electron chi connectivity index (χ3n) is 5.86. The van der Waals surface area contributed by atoms with E-state index in [9.17, 15) is 13.2 Å². The quantitative estimate of drug-likeness (QED) is 0.557. The zero-order valence-corrected chi connectivity index (χ0v) is 19.9. The average Bonchev–Trinajstić information content (AvgIpc) is 2.85. The first-order chi connectivity index (χ1) is 15.9. The molecule has 1 amide bonds. The minimum absolute atomic E-state index is 0.0679. The smallest absolute Gasteiger partial charge is 0.257 e. The van der Waals surface area contributed by atoms with Crippen LogP contribution in [0.3, 0.4) is 0 Å². The number of halogens is 1. The fourth-order valence-electron chi connectivity index (χ4n) is 3.93. The third-order valence-corrected chi connectivity index (χ3v) is 8.08. The molecule has 0 spiro atoms. The van der Waals surface area contributed by atoms with Crippen molar-refractivity contribution in [2.45, 2.75) is 11.8 Å². The summed E-state index contributed by atoms with van der Waals surface area (Å²) in [5.74, 6) is -0.462. The molecular weight excluding hydrogens is 458 g/mol. The number of benzene rings is 3. The van der Waals surface area contributed by atoms with Crippen LogP contribution in [-0.4, -0.2) is 56.3 Å². The number of para-hydroxylation sites is 1. The van der Waals surface area contributed by atoms with E-state index in [-0.39, 0.29) is 15.5 Å². The highest BCUT2D eigenvalue weighted by molar-refractivity contribution is 7.89. The number of rotatable bonds is 6. The van der Waals surface area contributed by atoms with Gasteiger partial charge >= 0.3 is 0 Å². The summed E-state index contributed by atoms with van der Waals surface area (Å²) in [6.07, 6.45) is 0. The zero-order chi connectivity index (χ0) is 23.4. The number of hydrogen-bond donors (Lipinski definition) is 1. The Morgan fingerprint density at radius 3 is 2.30 bits per heavy atom. The van der Waals surface area contributed by atoms with Gasteiger partial charge in [0, 0.05) is 37.4 Å². The predicted molar refractivity (Wildman–Crippen MR) is 132 cm³/mol. The van der Waals surface area contributed by atoms with Crippen molar-refractivity contribution in [2.24, 2.45) is 0 Å². The molecule has 1 saturated heterocycles. The fraction of sp³-hybridized carbons (Fsp3) is 0.240. The van der Waals surface area contributed by atoms with E-state index in [1.54, 1.807) is 0 Å². The first kappa shape index (κ1) is 23.4. The fourth-order valence-corrected chi connectivity index (χ4v) is 5.58. The Bertz CT molecular complexity index is 1240. The van der Waals surface area contributed by atoms with E-state index in [0.717, 1.165) is 17.7 Å². The molecule has 4 rings (SSSR count). The van der Waals surface area contributed by atoms with Crippen LogP contribution >= 0.6 is 11.6 Å². The lowest BCUT2D eigenvalue weighted by Crippen LogP contribution is -2.48. The molecule has 0 aliphatic carbocycles. The van der Waals surface area contributed by atoms with Crippen LogP contribution in [0.2, 0.25) is 5.02 Å². The average molecular weight is 484 g/mol. The van der Waals surface area contributed by atoms with Crippen molar-refractivity contribution in [2.75, 3.05) is 38.0 Å². The van der Waals surface area contributed by atoms with Gasteiger partial charge in [-0.2, -0.15) is 4.31 Å². The lowest BCUT2D eigenvalue weighted by atomic mass is 10.0. The van der Waals surface area contributed by atoms with Crippen molar-refractivity contribution >= 4 is 33.2 Å². The van der Waals surface area contributed by atoms with E-state index in [2.05, 4.69) is 17.1 Å². The van der Waals surface area contributed by atoms with Crippen LogP contribution in [0.15, 0.2) is 77.7 Å². The minimum Gasteiger partial charge on any atom is -0.321 e. The van der Waals surface area contributed by atoms with Crippen LogP contribution in [-0.2, 0) is 10.0 Å². The second-order valence-corrected chi connectivity index (χ2v) is 10.2. The van der Waals surface area contributed by atoms with Crippen LogP contribution in [0, 0.1) is 0 Å². The van der Waals surface area contributed by atoms with Crippen molar-refractivity contribution in [1.29, 1.82) is 0 Å². The number of amides is 1. The zero-order valence-electron chi connectivity index (χ0n) is 18.4. The number of hydrogen-bond acceptors (Lipinski definition) is 4. The van der Waals surface area contributed by atoms with Crippen molar-refractivity contribution in [3.63, 3.8) is 0 Å². The molecule has 1 N–H and O–H groups in total. The van der Waals surface area contributed by atoms with Crippen LogP contribution < -0.4 is 5.32 Å². The largest absolute Gasteiger partial charge is 0.321 e. The highest BCUT2D eigenvalue weighted by atomic mass is 35.5. The van der Waals surface area contributed by atoms with Crippen molar-refractivity contribution in [3.8, 4) is 11.1 Å². The Hall–Kier alpha value is -2.71. The van der Waals surface area contributed by atoms with E-state index < -0.39 is 15.9 Å². The van der Waals surface area contributed by atoms with Gasteiger partial charge < -0.3 is 10.2 Å². The topological polar surface area (TPSA) is 69.7 Å². The van der Waals surface area contributed by atoms with Gasteiger partial charge in [0.2, 0.25) is 10.0 Å². The summed E-state index contributed by atoms with van der Waals surface area (Å²) in [5.41, 5.74) is 2.56. The van der Waals surface area contributed by atoms with Crippen LogP contribution in [0.1, 0.15) is 17.3 Å². The molecule has 0 radical (unpaired) electrons. The lowest BCUT2D eigenvalue weighted by molar-refractivity contribution is 0.102. The van der Waals surface area contributed by atoms with Gasteiger partial charge in [-0.25, -0.2) is 8.42 Å². The summed E-state index contributed by atoms with van der Waals surface area (Å²) in [6, 6.07) is 21.5. The molecule has 8 heteroatoms. The highest BCUT2D eigenvalue weighted by Gasteiger charge is 2.29. The summed E-state index contributed by atoms with van der Waals surface area (Å²) in [6.45, 7) is 5.17. The molecule has 0 bridgehead atoms. The van der Waals surface area contributed by atoms with Crippen molar-refractivity contribution in [3.05, 3.63) is 83.4 Å². The second-order valence-electron chi connectivity index (χ2n) is 7.85. The summed E-state index contributed by atoms with van der Waals surface area (Å²) in [5, 5.41) is 3.09. The van der Waals surface area contributed by atoms with Gasteiger partial charge in [0.25, 0.3) is 5.91 Å². The van der Waals surface area contributed by atoms with Gasteiger partial charge in [0.15, 0.2) is 0 Å². The summed E-state index contributed by atoms with van der Waals surface area (Å²) in [4.78, 5) is 15.4. The van der Waals surface area contributed by atoms with Gasteiger partial charge in [0.1, 0.15) is 0 Å². The molecule has 0 unspecified atom stereocenters. The maximum absolute atomic E-state index is 13.2. The number of nitrogens with one attached hydrogen (secondary N) is 1. The number of carbonyl (C=O) groups is 1. The first-order valence-electron chi connectivity index (χ1n) is 10.9. The van der Waals surface area contributed by atoms with E-state index in [1.165, 1.54) is 22.5 Å². The summed E-state index contributed by atoms with van der Waals surface area (Å²) >= 11 is 6.31. The molecule has 33 heavy (non-hydrogen) atoms. The molecule has 0 saturated carbocycles. The molecule has 3 aromatic rings. The molecule has 1 aliphatic heterocycles. The molecular formula is C25H26ClN3O3S. The maximum Gasteiger partial charge on any atom is 0.257 e. The SMILES string of the molecule is CCN1CCN(S(=O)(=O)c2ccc(Cl)c(C(=O)Nc3ccccc3-c3ccccc3)c2)CC1. The number of sulfonamides is 1. The Morgan fingerprint density at radius 2 is 1.61 bits per heavy atom. The first-order valence-corrected chi connectivity index (χ1v) is 12.7. The number of anilines is 1. The lowest BCUT2D eigenvalue weighted by Gasteiger charge is -2.33. The maximum atomic E-state index is 13.2. The summed E-state index contributed by atoms with van der Waals surface area (Å²) in [7, 11) is -3.72. The van der Waals surface area contributed by atoms with Gasteiger partial charge in [-0.15, -0.1) is 0 Å². The van der Waals surface area contributed by atoms with Crippen LogP contribution in [0.4, 0.5) is 5.69 Å². The molecule has 0 aromatic heterocycles. The van der Waals surface area contributed by atoms with Gasteiger partial charge in [-0.1, -0.05) is 67.1 Å². The van der Waals surface area contributed by atoms with Crippen LogP contribution in [0.25, 0.3) is 11.1 Å². The third kappa shape index (κ3) is 5.12. The Morgan fingerprint density at radius 1 is 0.939 bits per heavy atom. The Kier molecular flexibility index (Phi) is 7.14. The van der Waals surface area contributed by atoms with E-state index >= 15 is 0 Å². The van der Waals surface area contributed by atoms with Gasteiger partial charge in [-0.05, 0) is 36.4 Å². The molecule has 1 fully saturated rings. The number of likely N-dealkylation sites (N-methyl/N-ethyl adjacent to an activating group) is 1. The van der Waals surface area contributed by atoms with Gasteiger partial charge in [-0.3, -0.25) is 4.79 Å². The standard InChI is InChI=1S/C25H26ClN3O3S/c1-2-28-14-16-29(17-15-28)33(31,32)20-12-13-23(26)22(18-20)25(30)27-24-11-7-6-10-21(24)19-8-4-3-5-9-19/h3-13,18H,2,14-17H2,1H3,(H,27,30). The Labute approximate surface area is 199 Å².